The Labute approximate surface area is 128 Å². The topological polar surface area (TPSA) is 66.8 Å². The van der Waals surface area contributed by atoms with Crippen LogP contribution in [-0.4, -0.2) is 46.2 Å². The Morgan fingerprint density at radius 2 is 2.14 bits per heavy atom. The minimum atomic E-state index is -0.933. The molecule has 0 bridgehead atoms. The lowest BCUT2D eigenvalue weighted by atomic mass is 10.1. The summed E-state index contributed by atoms with van der Waals surface area (Å²) in [7, 11) is 1.60. The summed E-state index contributed by atoms with van der Waals surface area (Å²) in [5.74, 6) is 0.156. The van der Waals surface area contributed by atoms with Crippen LogP contribution in [0.4, 0.5) is 0 Å². The summed E-state index contributed by atoms with van der Waals surface area (Å²) < 4.78 is 5.26. The molecule has 1 aliphatic heterocycles. The van der Waals surface area contributed by atoms with E-state index in [1.54, 1.807) is 7.11 Å². The minimum Gasteiger partial charge on any atom is -0.496 e. The third-order valence-corrected chi connectivity index (χ3v) is 4.81. The zero-order valence-corrected chi connectivity index (χ0v) is 12.9. The molecule has 114 valence electrons. The fourth-order valence-corrected chi connectivity index (χ4v) is 3.68. The highest BCUT2D eigenvalue weighted by atomic mass is 32.2. The van der Waals surface area contributed by atoms with Gasteiger partial charge in [0.2, 0.25) is 5.91 Å². The summed E-state index contributed by atoms with van der Waals surface area (Å²) in [6.45, 7) is 1.87. The summed E-state index contributed by atoms with van der Waals surface area (Å²) in [5, 5.41) is 9.10. The van der Waals surface area contributed by atoms with E-state index >= 15 is 0 Å². The molecule has 0 aromatic heterocycles. The fourth-order valence-electron chi connectivity index (χ4n) is 2.49. The molecule has 6 heteroatoms. The van der Waals surface area contributed by atoms with Gasteiger partial charge in [0.05, 0.1) is 12.5 Å². The summed E-state index contributed by atoms with van der Waals surface area (Å²) in [6.07, 6.45) is 0.831. The molecule has 21 heavy (non-hydrogen) atoms. The van der Waals surface area contributed by atoms with Crippen molar-refractivity contribution < 1.29 is 19.4 Å². The van der Waals surface area contributed by atoms with Crippen molar-refractivity contribution in [3.05, 3.63) is 29.8 Å². The number of rotatable bonds is 5. The van der Waals surface area contributed by atoms with Crippen LogP contribution in [0.5, 0.6) is 5.75 Å². The van der Waals surface area contributed by atoms with Gasteiger partial charge in [0, 0.05) is 12.2 Å². The number of hydrogen-bond donors (Lipinski definition) is 1. The zero-order chi connectivity index (χ0) is 15.4. The van der Waals surface area contributed by atoms with E-state index in [0.717, 1.165) is 11.3 Å². The van der Waals surface area contributed by atoms with Gasteiger partial charge in [-0.3, -0.25) is 4.79 Å². The number of ether oxygens (including phenoxy) is 1. The van der Waals surface area contributed by atoms with Gasteiger partial charge < -0.3 is 14.7 Å². The van der Waals surface area contributed by atoms with Crippen molar-refractivity contribution in [1.29, 1.82) is 0 Å². The van der Waals surface area contributed by atoms with Crippen molar-refractivity contribution in [2.24, 2.45) is 0 Å². The van der Waals surface area contributed by atoms with E-state index in [2.05, 4.69) is 0 Å². The number of para-hydroxylation sites is 1. The summed E-state index contributed by atoms with van der Waals surface area (Å²) >= 11 is 1.50. The second-order valence-electron chi connectivity index (χ2n) is 4.90. The van der Waals surface area contributed by atoms with Gasteiger partial charge in [-0.1, -0.05) is 18.2 Å². The monoisotopic (exact) mass is 309 g/mol. The molecular formula is C15H19NO4S. The molecule has 1 saturated heterocycles. The maximum atomic E-state index is 12.4. The maximum Gasteiger partial charge on any atom is 0.327 e. The van der Waals surface area contributed by atoms with Gasteiger partial charge >= 0.3 is 5.97 Å². The van der Waals surface area contributed by atoms with Crippen molar-refractivity contribution in [1.82, 2.24) is 4.90 Å². The molecule has 1 amide bonds. The fraction of sp³-hybridized carbons (Fsp3) is 0.467. The highest BCUT2D eigenvalue weighted by Gasteiger charge is 2.38. The highest BCUT2D eigenvalue weighted by Crippen LogP contribution is 2.30. The highest BCUT2D eigenvalue weighted by molar-refractivity contribution is 8.00. The lowest BCUT2D eigenvalue weighted by Gasteiger charge is -2.25. The average Bonchev–Trinajstić information content (AvgIpc) is 2.87. The Bertz CT molecular complexity index is 534. The van der Waals surface area contributed by atoms with Gasteiger partial charge in [-0.15, -0.1) is 11.8 Å². The molecule has 2 atom stereocenters. The van der Waals surface area contributed by atoms with Crippen LogP contribution >= 0.6 is 11.8 Å². The molecule has 1 N–H and O–H groups in total. The van der Waals surface area contributed by atoms with Crippen LogP contribution in [0.2, 0.25) is 0 Å². The van der Waals surface area contributed by atoms with Crippen LogP contribution in [0, 0.1) is 0 Å². The van der Waals surface area contributed by atoms with Crippen LogP contribution < -0.4 is 4.74 Å². The Morgan fingerprint density at radius 1 is 1.43 bits per heavy atom. The average molecular weight is 309 g/mol. The molecule has 0 spiro atoms. The third kappa shape index (κ3) is 3.50. The number of aliphatic carboxylic acids is 1. The molecule has 1 aliphatic rings. The van der Waals surface area contributed by atoms with E-state index in [0.29, 0.717) is 12.2 Å². The number of carbonyl (C=O) groups excluding carboxylic acids is 1. The Hall–Kier alpha value is -1.69. The van der Waals surface area contributed by atoms with Gasteiger partial charge in [-0.05, 0) is 25.0 Å². The molecule has 0 saturated carbocycles. The molecular weight excluding hydrogens is 290 g/mol. The summed E-state index contributed by atoms with van der Waals surface area (Å²) in [6, 6.07) is 6.84. The quantitative estimate of drug-likeness (QED) is 0.901. The van der Waals surface area contributed by atoms with Crippen molar-refractivity contribution in [2.75, 3.05) is 12.9 Å². The number of aryl methyl sites for hydroxylation is 1. The van der Waals surface area contributed by atoms with Gasteiger partial charge in [0.15, 0.2) is 0 Å². The Kier molecular flexibility index (Phi) is 5.12. The van der Waals surface area contributed by atoms with E-state index < -0.39 is 12.0 Å². The van der Waals surface area contributed by atoms with Crippen molar-refractivity contribution >= 4 is 23.6 Å². The van der Waals surface area contributed by atoms with Crippen LogP contribution in [0.3, 0.4) is 0 Å². The third-order valence-electron chi connectivity index (χ3n) is 3.60. The van der Waals surface area contributed by atoms with Crippen LogP contribution in [0.15, 0.2) is 24.3 Å². The number of amides is 1. The molecule has 1 heterocycles. The number of hydrogen-bond acceptors (Lipinski definition) is 4. The van der Waals surface area contributed by atoms with Crippen LogP contribution in [0.1, 0.15) is 18.9 Å². The molecule has 1 aromatic rings. The van der Waals surface area contributed by atoms with E-state index in [1.807, 2.05) is 31.2 Å². The maximum absolute atomic E-state index is 12.4. The number of nitrogens with zero attached hydrogens (tertiary/aromatic N) is 1. The van der Waals surface area contributed by atoms with Gasteiger partial charge in [0.25, 0.3) is 0 Å². The SMILES string of the molecule is COc1ccccc1CCC(=O)N1C(C)SCC1C(=O)O. The van der Waals surface area contributed by atoms with Crippen molar-refractivity contribution in [3.8, 4) is 5.75 Å². The first-order chi connectivity index (χ1) is 10.0. The number of carboxylic acid groups (broad SMARTS) is 1. The van der Waals surface area contributed by atoms with Crippen LogP contribution in [-0.2, 0) is 16.0 Å². The summed E-state index contributed by atoms with van der Waals surface area (Å²) in [4.78, 5) is 25.0. The second kappa shape index (κ2) is 6.85. The molecule has 1 fully saturated rings. The second-order valence-corrected chi connectivity index (χ2v) is 6.25. The lowest BCUT2D eigenvalue weighted by Crippen LogP contribution is -2.44. The lowest BCUT2D eigenvalue weighted by molar-refractivity contribution is -0.148. The molecule has 5 nitrogen and oxygen atoms in total. The number of carbonyl (C=O) groups is 2. The predicted molar refractivity (Wildman–Crippen MR) is 81.5 cm³/mol. The molecule has 1 aromatic carbocycles. The Balaban J connectivity index is 2.02. The molecule has 0 radical (unpaired) electrons. The molecule has 2 rings (SSSR count). The first-order valence-electron chi connectivity index (χ1n) is 6.82. The van der Waals surface area contributed by atoms with Gasteiger partial charge in [0.1, 0.15) is 11.8 Å². The molecule has 0 aliphatic carbocycles. The number of thioether (sulfide) groups is 1. The smallest absolute Gasteiger partial charge is 0.327 e. The van der Waals surface area contributed by atoms with E-state index in [1.165, 1.54) is 16.7 Å². The molecule has 2 unspecified atom stereocenters. The predicted octanol–water partition coefficient (Wildman–Crippen LogP) is 2.00. The minimum absolute atomic E-state index is 0.0868. The van der Waals surface area contributed by atoms with Gasteiger partial charge in [-0.25, -0.2) is 4.79 Å². The van der Waals surface area contributed by atoms with Crippen LogP contribution in [0.25, 0.3) is 0 Å². The van der Waals surface area contributed by atoms with Crippen molar-refractivity contribution in [3.63, 3.8) is 0 Å². The summed E-state index contributed by atoms with van der Waals surface area (Å²) in [5.41, 5.74) is 0.958. The van der Waals surface area contributed by atoms with E-state index in [4.69, 9.17) is 4.74 Å². The Morgan fingerprint density at radius 3 is 2.81 bits per heavy atom. The number of benzene rings is 1. The number of carboxylic acids is 1. The van der Waals surface area contributed by atoms with Crippen molar-refractivity contribution in [2.45, 2.75) is 31.2 Å². The van der Waals surface area contributed by atoms with Gasteiger partial charge in [-0.2, -0.15) is 0 Å². The first-order valence-corrected chi connectivity index (χ1v) is 7.87. The number of methoxy groups -OCH3 is 1. The normalized spacial score (nSPS) is 21.3. The zero-order valence-electron chi connectivity index (χ0n) is 12.1. The largest absolute Gasteiger partial charge is 0.496 e. The van der Waals surface area contributed by atoms with E-state index in [9.17, 15) is 14.7 Å². The standard InChI is InChI=1S/C15H19NO4S/c1-10-16(12(9-21-10)15(18)19)14(17)8-7-11-5-3-4-6-13(11)20-2/h3-6,10,12H,7-9H2,1-2H3,(H,18,19). The van der Waals surface area contributed by atoms with E-state index in [-0.39, 0.29) is 17.7 Å². The first kappa shape index (κ1) is 15.7.